The van der Waals surface area contributed by atoms with Crippen molar-refractivity contribution in [3.8, 4) is 17.2 Å². The summed E-state index contributed by atoms with van der Waals surface area (Å²) in [6, 6.07) is 8.87. The molecule has 0 aromatic heterocycles. The molecule has 2 aromatic rings. The van der Waals surface area contributed by atoms with Crippen molar-refractivity contribution in [2.45, 2.75) is 58.3 Å². The number of ether oxygens (including phenoxy) is 4. The van der Waals surface area contributed by atoms with Gasteiger partial charge in [-0.2, -0.15) is 0 Å². The molecular formula is C31H44N4O9S. The maximum atomic E-state index is 14.1. The van der Waals surface area contributed by atoms with Crippen molar-refractivity contribution in [1.82, 2.24) is 9.80 Å². The lowest BCUT2D eigenvalue weighted by Gasteiger charge is -2.35. The second kappa shape index (κ2) is 15.0. The van der Waals surface area contributed by atoms with Crippen LogP contribution in [0.5, 0.6) is 17.2 Å². The van der Waals surface area contributed by atoms with E-state index < -0.39 is 28.1 Å². The molecule has 14 heteroatoms. The minimum Gasteiger partial charge on any atom is -0.490 e. The first-order chi connectivity index (χ1) is 21.3. The van der Waals surface area contributed by atoms with Gasteiger partial charge in [0.05, 0.1) is 36.7 Å². The van der Waals surface area contributed by atoms with E-state index in [9.17, 15) is 23.1 Å². The van der Waals surface area contributed by atoms with Crippen molar-refractivity contribution in [1.29, 1.82) is 0 Å². The number of carbonyl (C=O) groups is 2. The molecule has 0 saturated carbocycles. The predicted octanol–water partition coefficient (Wildman–Crippen LogP) is 3.75. The van der Waals surface area contributed by atoms with Gasteiger partial charge in [-0.05, 0) is 63.4 Å². The van der Waals surface area contributed by atoms with Crippen molar-refractivity contribution in [2.24, 2.45) is 5.92 Å². The van der Waals surface area contributed by atoms with Gasteiger partial charge in [-0.3, -0.25) is 9.52 Å². The lowest BCUT2D eigenvalue weighted by atomic mass is 10.0. The van der Waals surface area contributed by atoms with Crippen LogP contribution in [0.25, 0.3) is 0 Å². The van der Waals surface area contributed by atoms with Crippen LogP contribution >= 0.6 is 0 Å². The van der Waals surface area contributed by atoms with Gasteiger partial charge >= 0.3 is 6.03 Å². The monoisotopic (exact) mass is 648 g/mol. The smallest absolute Gasteiger partial charge is 0.321 e. The number of aliphatic hydroxyl groups is 1. The highest BCUT2D eigenvalue weighted by atomic mass is 32.2. The molecule has 3 amide bonds. The van der Waals surface area contributed by atoms with E-state index in [0.29, 0.717) is 36.0 Å². The number of rotatable bonds is 7. The first-order valence-electron chi connectivity index (χ1n) is 15.1. The number of likely N-dealkylation sites (N-methyl/N-ethyl adjacent to an activating group) is 1. The molecule has 0 aliphatic carbocycles. The molecule has 2 aliphatic rings. The molecule has 45 heavy (non-hydrogen) atoms. The van der Waals surface area contributed by atoms with Gasteiger partial charge in [0.2, 0.25) is 16.8 Å². The third kappa shape index (κ3) is 9.38. The van der Waals surface area contributed by atoms with Gasteiger partial charge in [0.25, 0.3) is 5.91 Å². The Morgan fingerprint density at radius 1 is 1.09 bits per heavy atom. The van der Waals surface area contributed by atoms with Crippen LogP contribution in [0.1, 0.15) is 50.4 Å². The van der Waals surface area contributed by atoms with Gasteiger partial charge in [0.15, 0.2) is 11.5 Å². The largest absolute Gasteiger partial charge is 0.490 e. The summed E-state index contributed by atoms with van der Waals surface area (Å²) < 4.78 is 49.5. The molecule has 2 heterocycles. The van der Waals surface area contributed by atoms with E-state index in [4.69, 9.17) is 18.9 Å². The number of sulfonamides is 1. The molecule has 0 saturated heterocycles. The molecule has 2 aliphatic heterocycles. The van der Waals surface area contributed by atoms with E-state index in [1.807, 2.05) is 13.8 Å². The fraction of sp³-hybridized carbons (Fsp3) is 0.548. The van der Waals surface area contributed by atoms with Gasteiger partial charge < -0.3 is 39.2 Å². The van der Waals surface area contributed by atoms with E-state index >= 15 is 0 Å². The van der Waals surface area contributed by atoms with Gasteiger partial charge in [0, 0.05) is 50.1 Å². The molecule has 2 aromatic carbocycles. The van der Waals surface area contributed by atoms with Crippen molar-refractivity contribution in [3.05, 3.63) is 42.0 Å². The van der Waals surface area contributed by atoms with Crippen LogP contribution in [0.15, 0.2) is 36.4 Å². The lowest BCUT2D eigenvalue weighted by molar-refractivity contribution is -0.0115. The van der Waals surface area contributed by atoms with Gasteiger partial charge in [0.1, 0.15) is 5.75 Å². The number of nitrogens with one attached hydrogen (secondary N) is 2. The Bertz CT molecular complexity index is 1450. The van der Waals surface area contributed by atoms with Gasteiger partial charge in [-0.15, -0.1) is 0 Å². The molecule has 4 atom stereocenters. The number of carbonyl (C=O) groups excluding carboxylic acids is 2. The molecule has 0 fully saturated rings. The summed E-state index contributed by atoms with van der Waals surface area (Å²) in [5, 5.41) is 13.0. The number of amides is 3. The molecule has 0 radical (unpaired) electrons. The Balaban J connectivity index is 1.57. The van der Waals surface area contributed by atoms with Crippen molar-refractivity contribution in [3.63, 3.8) is 0 Å². The average molecular weight is 649 g/mol. The van der Waals surface area contributed by atoms with E-state index in [1.165, 1.54) is 15.9 Å². The predicted molar refractivity (Wildman–Crippen MR) is 170 cm³/mol. The van der Waals surface area contributed by atoms with Gasteiger partial charge in [-0.25, -0.2) is 13.2 Å². The zero-order valence-corrected chi connectivity index (χ0v) is 27.3. The van der Waals surface area contributed by atoms with Crippen LogP contribution < -0.4 is 24.2 Å². The van der Waals surface area contributed by atoms with Crippen molar-refractivity contribution < 1.29 is 42.1 Å². The van der Waals surface area contributed by atoms with Crippen LogP contribution in [-0.4, -0.2) is 99.9 Å². The first-order valence-corrected chi connectivity index (χ1v) is 17.0. The quantitative estimate of drug-likeness (QED) is 0.407. The van der Waals surface area contributed by atoms with Crippen molar-refractivity contribution in [2.75, 3.05) is 56.4 Å². The molecule has 0 unspecified atom stereocenters. The molecule has 0 bridgehead atoms. The second-order valence-corrected chi connectivity index (χ2v) is 13.5. The maximum Gasteiger partial charge on any atom is 0.321 e. The number of urea groups is 1. The van der Waals surface area contributed by atoms with E-state index in [0.717, 1.165) is 19.1 Å². The van der Waals surface area contributed by atoms with E-state index in [2.05, 4.69) is 10.0 Å². The summed E-state index contributed by atoms with van der Waals surface area (Å²) in [4.78, 5) is 30.3. The van der Waals surface area contributed by atoms with Gasteiger partial charge in [-0.1, -0.05) is 6.92 Å². The highest BCUT2D eigenvalue weighted by Crippen LogP contribution is 2.34. The van der Waals surface area contributed by atoms with Crippen LogP contribution in [0.4, 0.5) is 16.2 Å². The SMILES string of the molecule is C[C@H](CO)N1C[C@H](C)[C@@H](CN(C)C(=O)Nc2ccc3c(c2)OCO3)OCCCC[C@H](C)Oc2ccc(NS(C)(=O)=O)cc2C1=O. The summed E-state index contributed by atoms with van der Waals surface area (Å²) in [6.07, 6.45) is 2.66. The normalized spacial score (nSPS) is 21.6. The Labute approximate surface area is 264 Å². The number of hydrogen-bond acceptors (Lipinski definition) is 9. The van der Waals surface area contributed by atoms with Crippen LogP contribution in [-0.2, 0) is 14.8 Å². The summed E-state index contributed by atoms with van der Waals surface area (Å²) in [5.74, 6) is 0.826. The number of anilines is 2. The molecule has 3 N–H and O–H groups in total. The molecule has 248 valence electrons. The Hall–Kier alpha value is -3.75. The Kier molecular flexibility index (Phi) is 11.4. The third-order valence-corrected chi connectivity index (χ3v) is 8.39. The van der Waals surface area contributed by atoms with E-state index in [-0.39, 0.29) is 55.8 Å². The first kappa shape index (κ1) is 34.1. The fourth-order valence-corrected chi connectivity index (χ4v) is 5.76. The van der Waals surface area contributed by atoms with E-state index in [1.54, 1.807) is 44.3 Å². The highest BCUT2D eigenvalue weighted by molar-refractivity contribution is 7.92. The van der Waals surface area contributed by atoms with Crippen LogP contribution in [0.2, 0.25) is 0 Å². The number of nitrogens with zero attached hydrogens (tertiary/aromatic N) is 2. The number of aliphatic hydroxyl groups excluding tert-OH is 1. The highest BCUT2D eigenvalue weighted by Gasteiger charge is 2.31. The topological polar surface area (TPSA) is 156 Å². The Morgan fingerprint density at radius 2 is 1.80 bits per heavy atom. The molecular weight excluding hydrogens is 604 g/mol. The zero-order valence-electron chi connectivity index (χ0n) is 26.4. The molecule has 0 spiro atoms. The number of benzene rings is 2. The standard InChI is InChI=1S/C31H44N4O9S/c1-20-16-35(21(2)18-36)30(37)25-14-24(33-45(5,39)40)10-11-26(25)44-22(3)8-6-7-13-41-29(20)17-34(4)31(38)32-23-9-12-27-28(15-23)43-19-42-27/h9-12,14-15,20-22,29,33,36H,6-8,13,16-19H2,1-5H3,(H,32,38)/t20-,21+,22-,29+/m0/s1. The number of hydrogen-bond donors (Lipinski definition) is 3. The molecule has 13 nitrogen and oxygen atoms in total. The lowest BCUT2D eigenvalue weighted by Crippen LogP contribution is -2.48. The summed E-state index contributed by atoms with van der Waals surface area (Å²) in [6.45, 7) is 6.31. The second-order valence-electron chi connectivity index (χ2n) is 11.8. The summed E-state index contributed by atoms with van der Waals surface area (Å²) >= 11 is 0. The minimum atomic E-state index is -3.59. The average Bonchev–Trinajstić information content (AvgIpc) is 3.45. The fourth-order valence-electron chi connectivity index (χ4n) is 5.21. The summed E-state index contributed by atoms with van der Waals surface area (Å²) in [5.41, 5.74) is 0.963. The van der Waals surface area contributed by atoms with Crippen LogP contribution in [0, 0.1) is 5.92 Å². The molecule has 4 rings (SSSR count). The summed E-state index contributed by atoms with van der Waals surface area (Å²) in [7, 11) is -1.92. The maximum absolute atomic E-state index is 14.1. The third-order valence-electron chi connectivity index (χ3n) is 7.78. The Morgan fingerprint density at radius 3 is 2.53 bits per heavy atom. The van der Waals surface area contributed by atoms with Crippen molar-refractivity contribution >= 4 is 33.3 Å². The minimum absolute atomic E-state index is 0.133. The van der Waals surface area contributed by atoms with Crippen LogP contribution in [0.3, 0.4) is 0 Å². The zero-order chi connectivity index (χ0) is 32.7. The number of fused-ring (bicyclic) bond motifs is 2.